The Morgan fingerprint density at radius 2 is 1.90 bits per heavy atom. The van der Waals surface area contributed by atoms with Crippen LogP contribution in [0, 0.1) is 5.92 Å². The molecule has 2 aliphatic heterocycles. The van der Waals surface area contributed by atoms with Crippen molar-refractivity contribution < 1.29 is 14.7 Å². The molecule has 1 atom stereocenters. The van der Waals surface area contributed by atoms with E-state index in [0.717, 1.165) is 38.8 Å². The van der Waals surface area contributed by atoms with Crippen molar-refractivity contribution in [1.82, 2.24) is 15.1 Å². The highest BCUT2D eigenvalue weighted by Crippen LogP contribution is 2.20. The second-order valence-electron chi connectivity index (χ2n) is 6.08. The second kappa shape index (κ2) is 6.92. The van der Waals surface area contributed by atoms with Crippen molar-refractivity contribution in [2.75, 3.05) is 33.2 Å². The summed E-state index contributed by atoms with van der Waals surface area (Å²) in [4.78, 5) is 26.9. The highest BCUT2D eigenvalue weighted by Gasteiger charge is 2.26. The van der Waals surface area contributed by atoms with Crippen LogP contribution in [0.4, 0.5) is 4.79 Å². The number of likely N-dealkylation sites (tertiary alicyclic amines) is 2. The molecule has 2 aliphatic rings. The molecule has 6 heteroatoms. The summed E-state index contributed by atoms with van der Waals surface area (Å²) >= 11 is 0. The van der Waals surface area contributed by atoms with Crippen LogP contribution in [-0.4, -0.2) is 66.2 Å². The molecule has 0 aliphatic carbocycles. The fraction of sp³-hybridized carbons (Fsp3) is 0.857. The predicted octanol–water partition coefficient (Wildman–Crippen LogP) is 0.977. The third kappa shape index (κ3) is 4.37. The van der Waals surface area contributed by atoms with Crippen LogP contribution in [0.15, 0.2) is 0 Å². The van der Waals surface area contributed by atoms with Gasteiger partial charge in [-0.3, -0.25) is 4.79 Å². The lowest BCUT2D eigenvalue weighted by Crippen LogP contribution is -2.52. The van der Waals surface area contributed by atoms with Crippen LogP contribution < -0.4 is 5.32 Å². The highest BCUT2D eigenvalue weighted by molar-refractivity contribution is 5.74. The number of carboxylic acids is 1. The van der Waals surface area contributed by atoms with Crippen LogP contribution in [0.3, 0.4) is 0 Å². The Hall–Kier alpha value is -1.30. The second-order valence-corrected chi connectivity index (χ2v) is 6.08. The number of rotatable bonds is 3. The zero-order chi connectivity index (χ0) is 14.5. The number of amides is 2. The van der Waals surface area contributed by atoms with Crippen molar-refractivity contribution in [1.29, 1.82) is 0 Å². The van der Waals surface area contributed by atoms with E-state index >= 15 is 0 Å². The Morgan fingerprint density at radius 3 is 2.50 bits per heavy atom. The van der Waals surface area contributed by atoms with Crippen molar-refractivity contribution in [2.24, 2.45) is 5.92 Å². The lowest BCUT2D eigenvalue weighted by molar-refractivity contribution is -0.138. The van der Waals surface area contributed by atoms with Crippen LogP contribution in [0.2, 0.25) is 0 Å². The standard InChI is InChI=1S/C14H25N3O3/c1-16-6-2-3-12(10-16)15-14(20)17-7-4-11(5-8-17)9-13(18)19/h11-12H,2-10H2,1H3,(H,15,20)(H,18,19). The van der Waals surface area contributed by atoms with Crippen molar-refractivity contribution in [3.05, 3.63) is 0 Å². The summed E-state index contributed by atoms with van der Waals surface area (Å²) in [5, 5.41) is 11.9. The van der Waals surface area contributed by atoms with Crippen LogP contribution in [0.5, 0.6) is 0 Å². The van der Waals surface area contributed by atoms with Gasteiger partial charge in [-0.1, -0.05) is 0 Å². The molecule has 1 unspecified atom stereocenters. The van der Waals surface area contributed by atoms with Gasteiger partial charge < -0.3 is 20.2 Å². The summed E-state index contributed by atoms with van der Waals surface area (Å²) in [6.45, 7) is 3.37. The van der Waals surface area contributed by atoms with Crippen molar-refractivity contribution in [3.63, 3.8) is 0 Å². The molecule has 0 aromatic rings. The topological polar surface area (TPSA) is 72.9 Å². The van der Waals surface area contributed by atoms with Crippen molar-refractivity contribution in [2.45, 2.75) is 38.1 Å². The maximum absolute atomic E-state index is 12.2. The zero-order valence-electron chi connectivity index (χ0n) is 12.2. The van der Waals surface area contributed by atoms with Gasteiger partial charge in [0.1, 0.15) is 0 Å². The molecule has 0 saturated carbocycles. The van der Waals surface area contributed by atoms with Crippen molar-refractivity contribution in [3.8, 4) is 0 Å². The van der Waals surface area contributed by atoms with Crippen LogP contribution >= 0.6 is 0 Å². The maximum atomic E-state index is 12.2. The number of urea groups is 1. The normalized spacial score (nSPS) is 25.4. The van der Waals surface area contributed by atoms with Gasteiger partial charge in [0.2, 0.25) is 0 Å². The number of carbonyl (C=O) groups is 2. The Kier molecular flexibility index (Phi) is 5.23. The number of hydrogen-bond donors (Lipinski definition) is 2. The Balaban J connectivity index is 1.73. The Labute approximate surface area is 120 Å². The largest absolute Gasteiger partial charge is 0.481 e. The quantitative estimate of drug-likeness (QED) is 0.810. The van der Waals surface area contributed by atoms with Gasteiger partial charge in [0.25, 0.3) is 0 Å². The summed E-state index contributed by atoms with van der Waals surface area (Å²) < 4.78 is 0. The molecule has 2 amide bonds. The molecule has 2 N–H and O–H groups in total. The summed E-state index contributed by atoms with van der Waals surface area (Å²) in [6, 6.07) is 0.261. The summed E-state index contributed by atoms with van der Waals surface area (Å²) in [6.07, 6.45) is 3.99. The average Bonchev–Trinajstić information content (AvgIpc) is 2.38. The van der Waals surface area contributed by atoms with E-state index in [2.05, 4.69) is 17.3 Å². The first-order chi connectivity index (χ1) is 9.54. The van der Waals surface area contributed by atoms with Gasteiger partial charge in [-0.15, -0.1) is 0 Å². The van der Waals surface area contributed by atoms with Crippen LogP contribution in [-0.2, 0) is 4.79 Å². The summed E-state index contributed by atoms with van der Waals surface area (Å²) in [7, 11) is 2.08. The molecule has 0 spiro atoms. The number of nitrogens with zero attached hydrogens (tertiary/aromatic N) is 2. The lowest BCUT2D eigenvalue weighted by Gasteiger charge is -2.35. The van der Waals surface area contributed by atoms with E-state index in [4.69, 9.17) is 5.11 Å². The van der Waals surface area contributed by atoms with E-state index in [1.807, 2.05) is 4.90 Å². The monoisotopic (exact) mass is 283 g/mol. The van der Waals surface area contributed by atoms with Gasteiger partial charge in [0.15, 0.2) is 0 Å². The molecule has 0 radical (unpaired) electrons. The van der Waals surface area contributed by atoms with Gasteiger partial charge in [0, 0.05) is 32.1 Å². The number of carbonyl (C=O) groups excluding carboxylic acids is 1. The number of nitrogens with one attached hydrogen (secondary N) is 1. The van der Waals surface area contributed by atoms with Gasteiger partial charge >= 0.3 is 12.0 Å². The van der Waals surface area contributed by atoms with Crippen LogP contribution in [0.1, 0.15) is 32.1 Å². The first kappa shape index (κ1) is 15.1. The molecular formula is C14H25N3O3. The molecule has 6 nitrogen and oxygen atoms in total. The third-order valence-electron chi connectivity index (χ3n) is 4.32. The average molecular weight is 283 g/mol. The number of piperidine rings is 2. The van der Waals surface area contributed by atoms with Gasteiger partial charge in [0.05, 0.1) is 0 Å². The van der Waals surface area contributed by atoms with Gasteiger partial charge in [-0.2, -0.15) is 0 Å². The minimum atomic E-state index is -0.738. The molecular weight excluding hydrogens is 258 g/mol. The maximum Gasteiger partial charge on any atom is 0.317 e. The lowest BCUT2D eigenvalue weighted by atomic mass is 9.94. The highest BCUT2D eigenvalue weighted by atomic mass is 16.4. The minimum absolute atomic E-state index is 0.0130. The van der Waals surface area contributed by atoms with E-state index in [1.165, 1.54) is 0 Å². The first-order valence-corrected chi connectivity index (χ1v) is 7.50. The number of hydrogen-bond acceptors (Lipinski definition) is 3. The molecule has 0 aromatic carbocycles. The fourth-order valence-electron chi connectivity index (χ4n) is 3.14. The number of likely N-dealkylation sites (N-methyl/N-ethyl adjacent to an activating group) is 1. The summed E-state index contributed by atoms with van der Waals surface area (Å²) in [5.74, 6) is -0.518. The smallest absolute Gasteiger partial charge is 0.317 e. The molecule has 2 saturated heterocycles. The molecule has 0 bridgehead atoms. The zero-order valence-corrected chi connectivity index (χ0v) is 12.2. The molecule has 20 heavy (non-hydrogen) atoms. The predicted molar refractivity (Wildman–Crippen MR) is 75.6 cm³/mol. The van der Waals surface area contributed by atoms with Crippen molar-refractivity contribution >= 4 is 12.0 Å². The Bertz CT molecular complexity index is 354. The fourth-order valence-corrected chi connectivity index (χ4v) is 3.14. The van der Waals surface area contributed by atoms with Crippen LogP contribution in [0.25, 0.3) is 0 Å². The van der Waals surface area contributed by atoms with E-state index < -0.39 is 5.97 Å². The van der Waals surface area contributed by atoms with Gasteiger partial charge in [-0.25, -0.2) is 4.79 Å². The van der Waals surface area contributed by atoms with E-state index in [1.54, 1.807) is 0 Å². The Morgan fingerprint density at radius 1 is 1.20 bits per heavy atom. The molecule has 0 aromatic heterocycles. The molecule has 114 valence electrons. The number of aliphatic carboxylic acids is 1. The third-order valence-corrected chi connectivity index (χ3v) is 4.32. The first-order valence-electron chi connectivity index (χ1n) is 7.50. The molecule has 2 rings (SSSR count). The molecule has 2 fully saturated rings. The number of carboxylic acid groups (broad SMARTS) is 1. The van der Waals surface area contributed by atoms with Gasteiger partial charge in [-0.05, 0) is 45.2 Å². The minimum Gasteiger partial charge on any atom is -0.481 e. The summed E-state index contributed by atoms with van der Waals surface area (Å²) in [5.41, 5.74) is 0. The van der Waals surface area contributed by atoms with E-state index in [-0.39, 0.29) is 24.4 Å². The molecule has 2 heterocycles. The van der Waals surface area contributed by atoms with E-state index in [9.17, 15) is 9.59 Å². The van der Waals surface area contributed by atoms with E-state index in [0.29, 0.717) is 13.1 Å². The SMILES string of the molecule is CN1CCCC(NC(=O)N2CCC(CC(=O)O)CC2)C1.